The summed E-state index contributed by atoms with van der Waals surface area (Å²) in [6, 6.07) is 0. The predicted molar refractivity (Wildman–Crippen MR) is 104 cm³/mol. The summed E-state index contributed by atoms with van der Waals surface area (Å²) in [5, 5.41) is 22.1. The molecule has 0 spiro atoms. The van der Waals surface area contributed by atoms with Gasteiger partial charge in [0.15, 0.2) is 0 Å². The van der Waals surface area contributed by atoms with E-state index in [9.17, 15) is 24.0 Å². The van der Waals surface area contributed by atoms with Gasteiger partial charge in [-0.1, -0.05) is 0 Å². The molecule has 0 aromatic heterocycles. The molecule has 12 heteroatoms. The summed E-state index contributed by atoms with van der Waals surface area (Å²) in [4.78, 5) is 55.9. The lowest BCUT2D eigenvalue weighted by atomic mass is 10.3. The summed E-state index contributed by atoms with van der Waals surface area (Å²) in [5.74, 6) is -2.75. The molecule has 4 N–H and O–H groups in total. The molecule has 0 rings (SSSR count). The van der Waals surface area contributed by atoms with Gasteiger partial charge in [-0.25, -0.2) is 0 Å². The number of nitrogens with zero attached hydrogens (tertiary/aromatic N) is 1. The molecule has 0 unspecified atom stereocenters. The largest absolute Gasteiger partial charge is 0.481 e. The second-order valence-electron chi connectivity index (χ2n) is 6.18. The normalized spacial score (nSPS) is 10.6. The van der Waals surface area contributed by atoms with E-state index in [1.807, 2.05) is 4.90 Å². The first-order chi connectivity index (χ1) is 14.3. The van der Waals surface area contributed by atoms with Gasteiger partial charge < -0.3 is 35.1 Å². The Morgan fingerprint density at radius 1 is 0.733 bits per heavy atom. The highest BCUT2D eigenvalue weighted by Crippen LogP contribution is 1.91. The first kappa shape index (κ1) is 27.4. The fourth-order valence-electron chi connectivity index (χ4n) is 2.13. The van der Waals surface area contributed by atoms with Crippen LogP contribution in [0.5, 0.6) is 0 Å². The van der Waals surface area contributed by atoms with Crippen molar-refractivity contribution in [2.75, 3.05) is 59.2 Å². The van der Waals surface area contributed by atoms with Crippen molar-refractivity contribution in [3.8, 4) is 0 Å². The molecule has 0 fully saturated rings. The number of ether oxygens (including phenoxy) is 2. The Bertz CT molecular complexity index is 501. The first-order valence-corrected chi connectivity index (χ1v) is 9.63. The molecule has 0 aliphatic heterocycles. The van der Waals surface area contributed by atoms with Crippen molar-refractivity contribution in [3.63, 3.8) is 0 Å². The molecule has 2 amide bonds. The molecular weight excluding hydrogens is 402 g/mol. The second-order valence-corrected chi connectivity index (χ2v) is 6.18. The van der Waals surface area contributed by atoms with Gasteiger partial charge >= 0.3 is 11.9 Å². The zero-order chi connectivity index (χ0) is 22.6. The molecule has 0 aromatic rings. The van der Waals surface area contributed by atoms with Crippen molar-refractivity contribution < 1.29 is 43.7 Å². The number of nitrogens with one attached hydrogen (secondary N) is 2. The fraction of sp³-hybridized carbons (Fsp3) is 0.722. The van der Waals surface area contributed by atoms with Crippen LogP contribution in [0.2, 0.25) is 0 Å². The monoisotopic (exact) mass is 433 g/mol. The second kappa shape index (κ2) is 18.5. The Hall–Kier alpha value is -2.57. The molecule has 0 radical (unpaired) electrons. The molecule has 0 atom stereocenters. The fourth-order valence-corrected chi connectivity index (χ4v) is 2.13. The number of aldehydes is 1. The van der Waals surface area contributed by atoms with Crippen LogP contribution in [0.15, 0.2) is 0 Å². The summed E-state index contributed by atoms with van der Waals surface area (Å²) in [7, 11) is 0. The van der Waals surface area contributed by atoms with Gasteiger partial charge in [0.25, 0.3) is 0 Å². The Morgan fingerprint density at radius 2 is 1.17 bits per heavy atom. The number of amides is 2. The molecule has 0 bridgehead atoms. The third kappa shape index (κ3) is 18.8. The van der Waals surface area contributed by atoms with E-state index in [4.69, 9.17) is 19.7 Å². The zero-order valence-corrected chi connectivity index (χ0v) is 17.0. The van der Waals surface area contributed by atoms with E-state index >= 15 is 0 Å². The Labute approximate surface area is 174 Å². The third-order valence-electron chi connectivity index (χ3n) is 3.71. The molecule has 12 nitrogen and oxygen atoms in total. The summed E-state index contributed by atoms with van der Waals surface area (Å²) in [6.45, 7) is 2.96. The molecule has 0 aliphatic rings. The molecule has 0 aromatic carbocycles. The number of carbonyl (C=O) groups is 5. The minimum absolute atomic E-state index is 0.0749. The Kier molecular flexibility index (Phi) is 16.9. The van der Waals surface area contributed by atoms with E-state index < -0.39 is 11.9 Å². The molecule has 0 aliphatic carbocycles. The molecule has 0 saturated carbocycles. The SMILES string of the molecule is O=CCN(CCOCCNC(=O)CCC(=O)O)CCOCCNC(=O)CCC(=O)O. The summed E-state index contributed by atoms with van der Waals surface area (Å²) in [6.07, 6.45) is 0.188. The van der Waals surface area contributed by atoms with Crippen LogP contribution >= 0.6 is 0 Å². The minimum atomic E-state index is -1.03. The van der Waals surface area contributed by atoms with Crippen molar-refractivity contribution in [2.45, 2.75) is 25.7 Å². The van der Waals surface area contributed by atoms with Crippen molar-refractivity contribution >= 4 is 30.0 Å². The first-order valence-electron chi connectivity index (χ1n) is 9.63. The standard InChI is InChI=1S/C18H31N3O9/c22-10-7-21(8-13-29-11-5-19-15(23)1-3-17(25)26)9-14-30-12-6-20-16(24)2-4-18(27)28/h10H,1-9,11-14H2,(H,19,23)(H,20,24)(H,25,26)(H,27,28). The predicted octanol–water partition coefficient (Wildman–Crippen LogP) is -1.52. The quantitative estimate of drug-likeness (QED) is 0.131. The maximum Gasteiger partial charge on any atom is 0.303 e. The van der Waals surface area contributed by atoms with Crippen LogP contribution in [0, 0.1) is 0 Å². The summed E-state index contributed by atoms with van der Waals surface area (Å²) >= 11 is 0. The van der Waals surface area contributed by atoms with Crippen LogP contribution < -0.4 is 10.6 Å². The van der Waals surface area contributed by atoms with Crippen LogP contribution in [0.4, 0.5) is 0 Å². The molecule has 0 saturated heterocycles. The van der Waals surface area contributed by atoms with Gasteiger partial charge in [-0.05, 0) is 0 Å². The van der Waals surface area contributed by atoms with Crippen molar-refractivity contribution in [2.24, 2.45) is 0 Å². The lowest BCUT2D eigenvalue weighted by Crippen LogP contribution is -2.34. The van der Waals surface area contributed by atoms with Gasteiger partial charge in [0, 0.05) is 39.0 Å². The maximum absolute atomic E-state index is 11.3. The highest BCUT2D eigenvalue weighted by atomic mass is 16.5. The van der Waals surface area contributed by atoms with Gasteiger partial charge in [0.1, 0.15) is 6.29 Å². The summed E-state index contributed by atoms with van der Waals surface area (Å²) < 4.78 is 10.8. The number of hydrogen-bond donors (Lipinski definition) is 4. The van der Waals surface area contributed by atoms with Crippen molar-refractivity contribution in [1.82, 2.24) is 15.5 Å². The Balaban J connectivity index is 3.70. The third-order valence-corrected chi connectivity index (χ3v) is 3.71. The Morgan fingerprint density at radius 3 is 1.53 bits per heavy atom. The molecular formula is C18H31N3O9. The maximum atomic E-state index is 11.3. The number of hydrogen-bond acceptors (Lipinski definition) is 8. The van der Waals surface area contributed by atoms with Crippen LogP contribution in [0.1, 0.15) is 25.7 Å². The number of aliphatic carboxylic acids is 2. The van der Waals surface area contributed by atoms with E-state index in [0.717, 1.165) is 6.29 Å². The van der Waals surface area contributed by atoms with Gasteiger partial charge in [-0.2, -0.15) is 0 Å². The van der Waals surface area contributed by atoms with E-state index in [2.05, 4.69) is 10.6 Å². The van der Waals surface area contributed by atoms with Gasteiger partial charge in [0.05, 0.1) is 45.8 Å². The zero-order valence-electron chi connectivity index (χ0n) is 17.0. The topological polar surface area (TPSA) is 172 Å². The highest BCUT2D eigenvalue weighted by molar-refractivity contribution is 5.81. The van der Waals surface area contributed by atoms with E-state index in [-0.39, 0.29) is 70.3 Å². The molecule has 0 heterocycles. The van der Waals surface area contributed by atoms with Crippen LogP contribution in [-0.4, -0.2) is 104 Å². The van der Waals surface area contributed by atoms with E-state index in [0.29, 0.717) is 26.3 Å². The summed E-state index contributed by atoms with van der Waals surface area (Å²) in [5.41, 5.74) is 0. The van der Waals surface area contributed by atoms with E-state index in [1.54, 1.807) is 0 Å². The number of rotatable bonds is 20. The average Bonchev–Trinajstić information content (AvgIpc) is 2.69. The number of carboxylic acid groups (broad SMARTS) is 2. The molecule has 30 heavy (non-hydrogen) atoms. The van der Waals surface area contributed by atoms with Crippen LogP contribution in [0.3, 0.4) is 0 Å². The molecule has 172 valence electrons. The number of carboxylic acids is 2. The van der Waals surface area contributed by atoms with Crippen LogP contribution in [-0.2, 0) is 33.4 Å². The van der Waals surface area contributed by atoms with Crippen molar-refractivity contribution in [3.05, 3.63) is 0 Å². The minimum Gasteiger partial charge on any atom is -0.481 e. The van der Waals surface area contributed by atoms with Gasteiger partial charge in [-0.15, -0.1) is 0 Å². The average molecular weight is 433 g/mol. The lowest BCUT2D eigenvalue weighted by molar-refractivity contribution is -0.139. The van der Waals surface area contributed by atoms with Gasteiger partial charge in [-0.3, -0.25) is 24.1 Å². The van der Waals surface area contributed by atoms with E-state index in [1.165, 1.54) is 0 Å². The number of carbonyl (C=O) groups excluding carboxylic acids is 3. The smallest absolute Gasteiger partial charge is 0.303 e. The van der Waals surface area contributed by atoms with Crippen LogP contribution in [0.25, 0.3) is 0 Å². The van der Waals surface area contributed by atoms with Gasteiger partial charge in [0.2, 0.25) is 11.8 Å². The highest BCUT2D eigenvalue weighted by Gasteiger charge is 2.07. The lowest BCUT2D eigenvalue weighted by Gasteiger charge is -2.19. The van der Waals surface area contributed by atoms with Crippen molar-refractivity contribution in [1.29, 1.82) is 0 Å².